The molecule has 7 rings (SSSR count). The lowest BCUT2D eigenvalue weighted by molar-refractivity contribution is 0.348. The van der Waals surface area contributed by atoms with Crippen LogP contribution in [0.5, 0.6) is 0 Å². The first-order valence-electron chi connectivity index (χ1n) is 12.9. The van der Waals surface area contributed by atoms with Crippen LogP contribution in [0.15, 0.2) is 87.8 Å². The second-order valence-electron chi connectivity index (χ2n) is 9.15. The van der Waals surface area contributed by atoms with E-state index in [0.29, 0.717) is 74.6 Å². The fraction of sp³-hybridized carbons (Fsp3) is 0.200. The number of rotatable bonds is 6. The van der Waals surface area contributed by atoms with Crippen molar-refractivity contribution in [2.75, 3.05) is 39.5 Å². The molecule has 9 nitrogen and oxygen atoms in total. The fourth-order valence-corrected chi connectivity index (χ4v) is 4.67. The molecule has 9 heteroatoms. The summed E-state index contributed by atoms with van der Waals surface area (Å²) in [4.78, 5) is 28.1. The van der Waals surface area contributed by atoms with Crippen molar-refractivity contribution in [2.45, 2.75) is 0 Å². The third-order valence-corrected chi connectivity index (χ3v) is 6.50. The van der Waals surface area contributed by atoms with Crippen LogP contribution in [-0.4, -0.2) is 72.1 Å². The fourth-order valence-electron chi connectivity index (χ4n) is 4.67. The quantitative estimate of drug-likeness (QED) is 0.381. The first kappa shape index (κ1) is 23.2. The van der Waals surface area contributed by atoms with Crippen molar-refractivity contribution in [3.8, 4) is 34.2 Å². The van der Waals surface area contributed by atoms with E-state index in [9.17, 15) is 0 Å². The summed E-state index contributed by atoms with van der Waals surface area (Å²) in [5, 5.41) is 0. The van der Waals surface area contributed by atoms with Gasteiger partial charge in [0.05, 0.1) is 19.6 Å². The molecule has 0 atom stereocenters. The Bertz CT molecular complexity index is 1460. The normalized spacial score (nSPS) is 16.2. The van der Waals surface area contributed by atoms with Gasteiger partial charge in [0.25, 0.3) is 0 Å². The van der Waals surface area contributed by atoms with E-state index in [1.165, 1.54) is 0 Å². The van der Waals surface area contributed by atoms with Crippen molar-refractivity contribution >= 4 is 17.7 Å². The number of aliphatic imine (C=N–C) groups is 3. The van der Waals surface area contributed by atoms with Gasteiger partial charge < -0.3 is 14.2 Å². The van der Waals surface area contributed by atoms with Crippen molar-refractivity contribution in [1.29, 1.82) is 0 Å². The van der Waals surface area contributed by atoms with Crippen LogP contribution in [0.25, 0.3) is 34.2 Å². The Morgan fingerprint density at radius 1 is 0.410 bits per heavy atom. The van der Waals surface area contributed by atoms with E-state index in [2.05, 4.69) is 15.0 Å². The zero-order chi connectivity index (χ0) is 26.0. The van der Waals surface area contributed by atoms with Gasteiger partial charge in [-0.05, 0) is 36.4 Å². The van der Waals surface area contributed by atoms with Gasteiger partial charge in [0, 0.05) is 33.4 Å². The van der Waals surface area contributed by atoms with Crippen LogP contribution in [0.1, 0.15) is 16.7 Å². The number of hydrogen-bond donors (Lipinski definition) is 0. The van der Waals surface area contributed by atoms with Crippen LogP contribution >= 0.6 is 0 Å². The molecule has 0 bridgehead atoms. The first-order valence-corrected chi connectivity index (χ1v) is 12.9. The van der Waals surface area contributed by atoms with Crippen LogP contribution in [0, 0.1) is 0 Å². The average Bonchev–Trinajstić information content (AvgIpc) is 3.81. The smallest absolute Gasteiger partial charge is 0.216 e. The highest BCUT2D eigenvalue weighted by Crippen LogP contribution is 2.27. The Morgan fingerprint density at radius 3 is 1.00 bits per heavy atom. The lowest BCUT2D eigenvalue weighted by Gasteiger charge is -2.11. The highest BCUT2D eigenvalue weighted by Gasteiger charge is 2.18. The van der Waals surface area contributed by atoms with E-state index in [1.54, 1.807) is 0 Å². The first-order chi connectivity index (χ1) is 19.3. The summed E-state index contributed by atoms with van der Waals surface area (Å²) < 4.78 is 17.1. The highest BCUT2D eigenvalue weighted by atomic mass is 16.5. The van der Waals surface area contributed by atoms with E-state index in [0.717, 1.165) is 33.4 Å². The van der Waals surface area contributed by atoms with Crippen molar-refractivity contribution in [3.63, 3.8) is 0 Å². The van der Waals surface area contributed by atoms with Crippen LogP contribution in [0.2, 0.25) is 0 Å². The summed E-state index contributed by atoms with van der Waals surface area (Å²) in [5.41, 5.74) is 5.21. The van der Waals surface area contributed by atoms with Gasteiger partial charge in [-0.15, -0.1) is 0 Å². The minimum absolute atomic E-state index is 0.551. The maximum absolute atomic E-state index is 5.69. The van der Waals surface area contributed by atoms with E-state index in [1.807, 2.05) is 72.8 Å². The minimum atomic E-state index is 0.551. The predicted molar refractivity (Wildman–Crippen MR) is 148 cm³/mol. The van der Waals surface area contributed by atoms with E-state index in [4.69, 9.17) is 29.2 Å². The number of aromatic nitrogens is 3. The average molecular weight is 517 g/mol. The maximum Gasteiger partial charge on any atom is 0.216 e. The molecular weight excluding hydrogens is 492 g/mol. The molecule has 0 fully saturated rings. The Hall–Kier alpha value is -4.92. The van der Waals surface area contributed by atoms with Gasteiger partial charge in [-0.2, -0.15) is 0 Å². The number of hydrogen-bond acceptors (Lipinski definition) is 9. The van der Waals surface area contributed by atoms with Gasteiger partial charge in [0.15, 0.2) is 17.5 Å². The Labute approximate surface area is 225 Å². The molecule has 1 aromatic heterocycles. The zero-order valence-electron chi connectivity index (χ0n) is 21.1. The standard InChI is InChI=1S/C30H24N6O3/c1-4-19(16-22(7-1)28-31-10-13-37-28)25-34-26(20-5-2-8-23(17-20)29-32-11-14-38-29)36-27(35-25)21-6-3-9-24(18-21)30-33-12-15-39-30/h1-9,16-18H,10-15H2. The second-order valence-corrected chi connectivity index (χ2v) is 9.15. The van der Waals surface area contributed by atoms with Crippen LogP contribution in [0.4, 0.5) is 0 Å². The topological polar surface area (TPSA) is 103 Å². The summed E-state index contributed by atoms with van der Waals surface area (Å²) in [6, 6.07) is 23.8. The van der Waals surface area contributed by atoms with Gasteiger partial charge in [0.2, 0.25) is 17.7 Å². The Morgan fingerprint density at radius 2 is 0.718 bits per heavy atom. The van der Waals surface area contributed by atoms with Gasteiger partial charge in [-0.1, -0.05) is 36.4 Å². The van der Waals surface area contributed by atoms with Crippen LogP contribution < -0.4 is 0 Å². The van der Waals surface area contributed by atoms with E-state index in [-0.39, 0.29) is 0 Å². The summed E-state index contributed by atoms with van der Waals surface area (Å²) in [6.07, 6.45) is 0. The zero-order valence-corrected chi connectivity index (χ0v) is 21.1. The number of benzene rings is 3. The van der Waals surface area contributed by atoms with E-state index >= 15 is 0 Å². The molecule has 4 aromatic rings. The third kappa shape index (κ3) is 4.74. The van der Waals surface area contributed by atoms with Crippen LogP contribution in [-0.2, 0) is 14.2 Å². The number of ether oxygens (including phenoxy) is 3. The molecular formula is C30H24N6O3. The Kier molecular flexibility index (Phi) is 6.01. The molecule has 3 aliphatic heterocycles. The summed E-state index contributed by atoms with van der Waals surface area (Å²) in [5.74, 6) is 3.57. The summed E-state index contributed by atoms with van der Waals surface area (Å²) >= 11 is 0. The molecule has 4 heterocycles. The summed E-state index contributed by atoms with van der Waals surface area (Å²) in [7, 11) is 0. The van der Waals surface area contributed by atoms with Gasteiger partial charge in [-0.3, -0.25) is 0 Å². The molecule has 0 saturated heterocycles. The monoisotopic (exact) mass is 516 g/mol. The van der Waals surface area contributed by atoms with Crippen molar-refractivity contribution in [2.24, 2.45) is 15.0 Å². The molecule has 0 N–H and O–H groups in total. The van der Waals surface area contributed by atoms with Gasteiger partial charge in [-0.25, -0.2) is 29.9 Å². The number of nitrogens with zero attached hydrogens (tertiary/aromatic N) is 6. The minimum Gasteiger partial charge on any atom is -0.476 e. The molecule has 0 aliphatic carbocycles. The maximum atomic E-state index is 5.69. The molecule has 0 unspecified atom stereocenters. The molecule has 192 valence electrons. The van der Waals surface area contributed by atoms with Crippen LogP contribution in [0.3, 0.4) is 0 Å². The van der Waals surface area contributed by atoms with Gasteiger partial charge in [0.1, 0.15) is 19.8 Å². The molecule has 0 saturated carbocycles. The molecule has 0 spiro atoms. The van der Waals surface area contributed by atoms with Gasteiger partial charge >= 0.3 is 0 Å². The summed E-state index contributed by atoms with van der Waals surface area (Å²) in [6.45, 7) is 3.77. The van der Waals surface area contributed by atoms with Crippen molar-refractivity contribution in [1.82, 2.24) is 15.0 Å². The molecule has 3 aromatic carbocycles. The Balaban J connectivity index is 1.35. The molecule has 0 amide bonds. The van der Waals surface area contributed by atoms with Crippen molar-refractivity contribution in [3.05, 3.63) is 89.5 Å². The SMILES string of the molecule is c1cc(C2=NCCO2)cc(-c2nc(-c3cccc(C4=NCCO4)c3)nc(-c3cccc(C4=NCCO4)c3)n2)c1. The lowest BCUT2D eigenvalue weighted by atomic mass is 10.1. The predicted octanol–water partition coefficient (Wildman–Crippen LogP) is 4.20. The molecule has 0 radical (unpaired) electrons. The third-order valence-electron chi connectivity index (χ3n) is 6.50. The highest BCUT2D eigenvalue weighted by molar-refractivity contribution is 5.97. The molecule has 39 heavy (non-hydrogen) atoms. The van der Waals surface area contributed by atoms with E-state index < -0.39 is 0 Å². The second kappa shape index (κ2) is 10.1. The molecule has 3 aliphatic rings. The van der Waals surface area contributed by atoms with Crippen molar-refractivity contribution < 1.29 is 14.2 Å². The lowest BCUT2D eigenvalue weighted by Crippen LogP contribution is -2.05. The largest absolute Gasteiger partial charge is 0.476 e.